The molecule has 0 saturated heterocycles. The van der Waals surface area contributed by atoms with Crippen molar-refractivity contribution in [3.63, 3.8) is 0 Å². The van der Waals surface area contributed by atoms with Gasteiger partial charge in [-0.1, -0.05) is 12.1 Å². The number of benzene rings is 2. The fourth-order valence-electron chi connectivity index (χ4n) is 2.59. The number of aromatic nitrogens is 4. The van der Waals surface area contributed by atoms with Gasteiger partial charge in [0, 0.05) is 22.8 Å². The third-order valence-electron chi connectivity index (χ3n) is 4.36. The number of hydrogen-bond donors (Lipinski definition) is 8. The van der Waals surface area contributed by atoms with E-state index in [-0.39, 0.29) is 54.8 Å². The van der Waals surface area contributed by atoms with Crippen molar-refractivity contribution in [1.82, 2.24) is 19.9 Å². The second kappa shape index (κ2) is 13.7. The van der Waals surface area contributed by atoms with Gasteiger partial charge in [-0.25, -0.2) is 0 Å². The van der Waals surface area contributed by atoms with Crippen molar-refractivity contribution < 1.29 is 42.1 Å². The number of nitro groups is 1. The molecule has 0 spiro atoms. The van der Waals surface area contributed by atoms with Gasteiger partial charge in [-0.05, 0) is 42.6 Å². The van der Waals surface area contributed by atoms with Crippen molar-refractivity contribution in [3.05, 3.63) is 82.8 Å². The first-order valence-electron chi connectivity index (χ1n) is 10.2. The fourth-order valence-corrected chi connectivity index (χ4v) is 2.97. The van der Waals surface area contributed by atoms with Crippen molar-refractivity contribution in [2.24, 2.45) is 20.5 Å². The first kappa shape index (κ1) is 31.2. The molecule has 4 rings (SSSR count). The Labute approximate surface area is 241 Å². The molecule has 8 N–H and O–H groups in total. The summed E-state index contributed by atoms with van der Waals surface area (Å²) in [5, 5.41) is 62.7. The summed E-state index contributed by atoms with van der Waals surface area (Å²) in [4.78, 5) is 41.8. The summed E-state index contributed by atoms with van der Waals surface area (Å²) >= 11 is 9.30. The van der Waals surface area contributed by atoms with Crippen molar-refractivity contribution in [3.8, 4) is 23.3 Å². The number of nitro benzene ring substituents is 1. The van der Waals surface area contributed by atoms with Gasteiger partial charge < -0.3 is 30.4 Å². The summed E-state index contributed by atoms with van der Waals surface area (Å²) in [6.45, 7) is 0. The van der Waals surface area contributed by atoms with Crippen LogP contribution >= 0.6 is 24.4 Å². The number of H-pyrrole nitrogens is 4. The summed E-state index contributed by atoms with van der Waals surface area (Å²) in [6.07, 6.45) is 0. The zero-order chi connectivity index (χ0) is 28.7. The van der Waals surface area contributed by atoms with Gasteiger partial charge in [0.1, 0.15) is 22.9 Å². The second-order valence-corrected chi connectivity index (χ2v) is 7.85. The molecule has 20 heteroatoms. The maximum atomic E-state index is 11.5. The smallest absolute Gasteiger partial charge is 0.283 e. The van der Waals surface area contributed by atoms with Gasteiger partial charge in [-0.15, -0.1) is 20.5 Å². The molecule has 0 unspecified atom stereocenters. The minimum absolute atomic E-state index is 0. The Hall–Kier alpha value is -5.05. The van der Waals surface area contributed by atoms with Crippen LogP contribution in [0, 0.1) is 19.7 Å². The topological polar surface area (TPSA) is 271 Å². The number of nitrogens with zero attached hydrogens (tertiary/aromatic N) is 5. The Morgan fingerprint density at radius 2 is 1.18 bits per heavy atom. The van der Waals surface area contributed by atoms with Crippen LogP contribution in [0.2, 0.25) is 0 Å². The molecule has 2 heterocycles. The minimum atomic E-state index is -0.776. The zero-order valence-corrected chi connectivity index (χ0v) is 22.0. The Bertz CT molecular complexity index is 1850. The number of para-hydroxylation sites is 1. The Morgan fingerprint density at radius 1 is 0.700 bits per heavy atom. The predicted molar refractivity (Wildman–Crippen MR) is 139 cm³/mol. The number of rotatable bonds is 5. The maximum Gasteiger partial charge on any atom is 0.283 e. The number of hydrogen-bond acceptors (Lipinski definition) is 14. The molecule has 0 atom stereocenters. The standard InChI is InChI=1S/C10H7N5O5S.C10H8N4O3S.Co/c16-6-3-4(15(19)20)1-2-5(6)13-14-7-8(17)11-10(21)12-9(7)18;15-6-4-2-1-3-5(6)13-14-7-8(16)11-10(18)12-9(7)17;/h1-3,16H,(H3,11,12,17,18,21);1-4,15H,(H3,11,12,16,17,18);. The fraction of sp³-hybridized carbons (Fsp3) is 0. The van der Waals surface area contributed by atoms with Crippen LogP contribution in [0.3, 0.4) is 0 Å². The molecule has 0 bridgehead atoms. The van der Waals surface area contributed by atoms with Crippen LogP contribution in [-0.2, 0) is 16.8 Å². The van der Waals surface area contributed by atoms with E-state index in [2.05, 4.69) is 64.8 Å². The third kappa shape index (κ3) is 7.97. The molecule has 0 fully saturated rings. The summed E-state index contributed by atoms with van der Waals surface area (Å²) in [6, 6.07) is 9.35. The molecule has 17 nitrogen and oxygen atoms in total. The number of nitrogens with one attached hydrogen (secondary N) is 4. The van der Waals surface area contributed by atoms with Crippen LogP contribution in [0.1, 0.15) is 0 Å². The summed E-state index contributed by atoms with van der Waals surface area (Å²) in [5.74, 6) is -1.65. The van der Waals surface area contributed by atoms with Gasteiger partial charge in [0.2, 0.25) is 23.1 Å². The first-order valence-corrected chi connectivity index (χ1v) is 11.0. The van der Waals surface area contributed by atoms with Gasteiger partial charge in [0.05, 0.1) is 11.0 Å². The van der Waals surface area contributed by atoms with E-state index in [0.717, 1.165) is 18.2 Å². The van der Waals surface area contributed by atoms with E-state index >= 15 is 0 Å². The van der Waals surface area contributed by atoms with E-state index in [1.54, 1.807) is 12.1 Å². The SMILES string of the molecule is O=c1[nH]c(=S)[nH]c(O)c1N=Nc1ccc([N+](=O)[O-])cc1O.O=c1[nH]c(=S)[nH]c(O)c1N=Nc1ccccc1O.[Co]. The van der Waals surface area contributed by atoms with Crippen molar-refractivity contribution in [2.75, 3.05) is 0 Å². The van der Waals surface area contributed by atoms with Gasteiger partial charge in [0.15, 0.2) is 9.54 Å². The maximum absolute atomic E-state index is 11.5. The number of aromatic amines is 4. The molecule has 0 saturated carbocycles. The molecule has 4 aromatic rings. The molecule has 209 valence electrons. The molecule has 0 amide bonds. The molecular weight excluding hydrogens is 617 g/mol. The molecule has 2 aromatic carbocycles. The van der Waals surface area contributed by atoms with E-state index in [0.29, 0.717) is 0 Å². The van der Waals surface area contributed by atoms with E-state index in [4.69, 9.17) is 0 Å². The summed E-state index contributed by atoms with van der Waals surface area (Å²) in [5.41, 5.74) is -2.46. The summed E-state index contributed by atoms with van der Waals surface area (Å²) < 4.78 is -0.103. The first-order chi connectivity index (χ1) is 18.5. The second-order valence-electron chi connectivity index (χ2n) is 7.03. The van der Waals surface area contributed by atoms with E-state index in [1.807, 2.05) is 0 Å². The zero-order valence-electron chi connectivity index (χ0n) is 19.3. The predicted octanol–water partition coefficient (Wildman–Crippen LogP) is 4.42. The normalized spacial score (nSPS) is 10.6. The summed E-state index contributed by atoms with van der Waals surface area (Å²) in [7, 11) is 0. The van der Waals surface area contributed by atoms with Crippen molar-refractivity contribution in [2.45, 2.75) is 0 Å². The van der Waals surface area contributed by atoms with Gasteiger partial charge in [-0.2, -0.15) is 0 Å². The average Bonchev–Trinajstić information content (AvgIpc) is 2.85. The van der Waals surface area contributed by atoms with E-state index < -0.39 is 39.2 Å². The largest absolute Gasteiger partial charge is 0.506 e. The molecule has 1 radical (unpaired) electrons. The number of azo groups is 2. The Morgan fingerprint density at radius 3 is 1.60 bits per heavy atom. The number of non-ortho nitro benzene ring substituents is 1. The molecule has 0 aliphatic heterocycles. The van der Waals surface area contributed by atoms with Crippen LogP contribution in [0.4, 0.5) is 28.4 Å². The van der Waals surface area contributed by atoms with Gasteiger partial charge in [-0.3, -0.25) is 29.7 Å². The monoisotopic (exact) mass is 632 g/mol. The van der Waals surface area contributed by atoms with Crippen molar-refractivity contribution in [1.29, 1.82) is 0 Å². The third-order valence-corrected chi connectivity index (χ3v) is 4.77. The van der Waals surface area contributed by atoms with Crippen LogP contribution < -0.4 is 11.1 Å². The molecule has 2 aromatic heterocycles. The van der Waals surface area contributed by atoms with E-state index in [9.17, 15) is 40.1 Å². The van der Waals surface area contributed by atoms with Crippen LogP contribution in [0.15, 0.2) is 72.5 Å². The Kier molecular flexibility index (Phi) is 10.6. The van der Waals surface area contributed by atoms with Crippen LogP contribution in [0.25, 0.3) is 0 Å². The molecular formula is C20H15CoN9O8S2. The van der Waals surface area contributed by atoms with Crippen LogP contribution in [-0.4, -0.2) is 45.3 Å². The number of aromatic hydroxyl groups is 4. The van der Waals surface area contributed by atoms with Gasteiger partial charge in [0.25, 0.3) is 16.8 Å². The number of phenolic OH excluding ortho intramolecular Hbond substituents is 2. The molecule has 0 aliphatic carbocycles. The number of phenols is 2. The quantitative estimate of drug-likeness (QED) is 0.0663. The molecule has 0 aliphatic rings. The minimum Gasteiger partial charge on any atom is -0.506 e. The van der Waals surface area contributed by atoms with Crippen molar-refractivity contribution >= 4 is 52.9 Å². The van der Waals surface area contributed by atoms with E-state index in [1.165, 1.54) is 12.1 Å². The average molecular weight is 632 g/mol. The van der Waals surface area contributed by atoms with Gasteiger partial charge >= 0.3 is 0 Å². The molecule has 40 heavy (non-hydrogen) atoms. The van der Waals surface area contributed by atoms with Crippen LogP contribution in [0.5, 0.6) is 23.3 Å². The Balaban J connectivity index is 0.000000276.